The van der Waals surface area contributed by atoms with Gasteiger partial charge in [0, 0.05) is 31.3 Å². The maximum atomic E-state index is 13.2. The van der Waals surface area contributed by atoms with Crippen LogP contribution in [0.5, 0.6) is 5.75 Å². The van der Waals surface area contributed by atoms with Crippen LogP contribution in [0.4, 0.5) is 0 Å². The van der Waals surface area contributed by atoms with Gasteiger partial charge in [0.05, 0.1) is 6.61 Å². The molecule has 6 nitrogen and oxygen atoms in total. The number of sulfonamides is 1. The Bertz CT molecular complexity index is 731. The summed E-state index contributed by atoms with van der Waals surface area (Å²) in [7, 11) is -2.12. The van der Waals surface area contributed by atoms with Crippen LogP contribution in [-0.4, -0.2) is 51.7 Å². The first kappa shape index (κ1) is 21.7. The fourth-order valence-corrected chi connectivity index (χ4v) is 5.79. The Balaban J connectivity index is 0.00000243. The number of halogens is 2. The zero-order valence-corrected chi connectivity index (χ0v) is 17.3. The molecule has 26 heavy (non-hydrogen) atoms. The highest BCUT2D eigenvalue weighted by Gasteiger charge is 2.45. The topological polar surface area (TPSA) is 81.9 Å². The van der Waals surface area contributed by atoms with Crippen molar-refractivity contribution in [1.82, 2.24) is 4.31 Å². The highest BCUT2D eigenvalue weighted by Crippen LogP contribution is 2.40. The van der Waals surface area contributed by atoms with E-state index in [1.165, 1.54) is 10.4 Å². The lowest BCUT2D eigenvalue weighted by molar-refractivity contribution is 0.0900. The molecule has 2 fully saturated rings. The van der Waals surface area contributed by atoms with Gasteiger partial charge in [-0.1, -0.05) is 11.6 Å². The number of hydrogen-bond acceptors (Lipinski definition) is 5. The molecule has 0 radical (unpaired) electrons. The van der Waals surface area contributed by atoms with Gasteiger partial charge in [-0.3, -0.25) is 0 Å². The molecule has 1 aromatic carbocycles. The van der Waals surface area contributed by atoms with E-state index in [1.807, 2.05) is 6.92 Å². The molecule has 0 spiro atoms. The Labute approximate surface area is 166 Å². The number of ether oxygens (including phenoxy) is 2. The van der Waals surface area contributed by atoms with E-state index in [9.17, 15) is 8.42 Å². The van der Waals surface area contributed by atoms with Gasteiger partial charge in [-0.15, -0.1) is 12.4 Å². The molecule has 2 N–H and O–H groups in total. The van der Waals surface area contributed by atoms with Crippen molar-refractivity contribution < 1.29 is 17.9 Å². The largest absolute Gasteiger partial charge is 0.487 e. The Morgan fingerprint density at radius 1 is 1.35 bits per heavy atom. The third-order valence-corrected chi connectivity index (χ3v) is 7.22. The molecule has 1 heterocycles. The van der Waals surface area contributed by atoms with Crippen LogP contribution in [-0.2, 0) is 14.8 Å². The molecule has 1 saturated carbocycles. The van der Waals surface area contributed by atoms with Gasteiger partial charge in [0.25, 0.3) is 0 Å². The summed E-state index contributed by atoms with van der Waals surface area (Å²) < 4.78 is 38.8. The fraction of sp³-hybridized carbons (Fsp3) is 0.647. The predicted octanol–water partition coefficient (Wildman–Crippen LogP) is 2.53. The number of benzene rings is 1. The van der Waals surface area contributed by atoms with Crippen molar-refractivity contribution in [2.45, 2.75) is 36.8 Å². The summed E-state index contributed by atoms with van der Waals surface area (Å²) in [5, 5.41) is 0.362. The molecule has 2 aliphatic rings. The van der Waals surface area contributed by atoms with E-state index >= 15 is 0 Å². The van der Waals surface area contributed by atoms with Gasteiger partial charge in [0.1, 0.15) is 16.7 Å². The van der Waals surface area contributed by atoms with Crippen LogP contribution in [0.25, 0.3) is 0 Å². The third-order valence-electron chi connectivity index (χ3n) is 5.13. The smallest absolute Gasteiger partial charge is 0.246 e. The van der Waals surface area contributed by atoms with Crippen LogP contribution in [0.3, 0.4) is 0 Å². The van der Waals surface area contributed by atoms with Crippen molar-refractivity contribution in [3.63, 3.8) is 0 Å². The molecule has 0 amide bonds. The quantitative estimate of drug-likeness (QED) is 0.758. The number of nitrogens with zero attached hydrogens (tertiary/aromatic N) is 1. The molecular weight excluding hydrogens is 399 g/mol. The lowest BCUT2D eigenvalue weighted by Crippen LogP contribution is -2.34. The average molecular weight is 425 g/mol. The Hall–Kier alpha value is -0.570. The normalized spacial score (nSPS) is 27.0. The molecular formula is C17H26Cl2N2O4S. The number of nitrogens with two attached hydrogens (primary N) is 1. The summed E-state index contributed by atoms with van der Waals surface area (Å²) in [6.45, 7) is 3.17. The van der Waals surface area contributed by atoms with E-state index in [4.69, 9.17) is 26.8 Å². The van der Waals surface area contributed by atoms with Crippen molar-refractivity contribution >= 4 is 34.0 Å². The lowest BCUT2D eigenvalue weighted by atomic mass is 9.98. The highest BCUT2D eigenvalue weighted by molar-refractivity contribution is 7.89. The van der Waals surface area contributed by atoms with Gasteiger partial charge < -0.3 is 15.2 Å². The monoisotopic (exact) mass is 424 g/mol. The molecule has 1 aliphatic carbocycles. The maximum Gasteiger partial charge on any atom is 0.246 e. The first-order chi connectivity index (χ1) is 11.8. The van der Waals surface area contributed by atoms with Crippen molar-refractivity contribution in [2.75, 3.05) is 26.8 Å². The Morgan fingerprint density at radius 3 is 2.73 bits per heavy atom. The summed E-state index contributed by atoms with van der Waals surface area (Å²) >= 11 is 6.06. The zero-order chi connectivity index (χ0) is 18.2. The minimum absolute atomic E-state index is 0. The third kappa shape index (κ3) is 4.29. The number of rotatable bonds is 6. The molecule has 1 aromatic rings. The van der Waals surface area contributed by atoms with E-state index < -0.39 is 10.0 Å². The van der Waals surface area contributed by atoms with E-state index in [1.54, 1.807) is 19.2 Å². The molecule has 4 unspecified atom stereocenters. The first-order valence-electron chi connectivity index (χ1n) is 8.53. The molecule has 1 aliphatic heterocycles. The SMILES string of the molecule is COCC(C)Oc1ccc(Cl)cc1S(=O)(=O)N1CC2CCC(N)C2C1.Cl. The van der Waals surface area contributed by atoms with Gasteiger partial charge in [0.2, 0.25) is 10.0 Å². The van der Waals surface area contributed by atoms with E-state index in [2.05, 4.69) is 0 Å². The molecule has 1 saturated heterocycles. The van der Waals surface area contributed by atoms with E-state index in [-0.39, 0.29) is 35.4 Å². The van der Waals surface area contributed by atoms with Crippen molar-refractivity contribution in [3.8, 4) is 5.75 Å². The number of hydrogen-bond donors (Lipinski definition) is 1. The van der Waals surface area contributed by atoms with Gasteiger partial charge in [-0.05, 0) is 49.8 Å². The Morgan fingerprint density at radius 2 is 2.08 bits per heavy atom. The summed E-state index contributed by atoms with van der Waals surface area (Å²) in [4.78, 5) is 0.108. The van der Waals surface area contributed by atoms with E-state index in [0.717, 1.165) is 12.8 Å². The van der Waals surface area contributed by atoms with Crippen molar-refractivity contribution in [1.29, 1.82) is 0 Å². The molecule has 9 heteroatoms. The summed E-state index contributed by atoms with van der Waals surface area (Å²) in [6, 6.07) is 4.77. The van der Waals surface area contributed by atoms with Crippen LogP contribution < -0.4 is 10.5 Å². The van der Waals surface area contributed by atoms with Crippen LogP contribution >= 0.6 is 24.0 Å². The highest BCUT2D eigenvalue weighted by atomic mass is 35.5. The van der Waals surface area contributed by atoms with Gasteiger partial charge in [-0.25, -0.2) is 8.42 Å². The van der Waals surface area contributed by atoms with Crippen molar-refractivity contribution in [2.24, 2.45) is 17.6 Å². The van der Waals surface area contributed by atoms with Crippen LogP contribution in [0.1, 0.15) is 19.8 Å². The summed E-state index contributed by atoms with van der Waals surface area (Å²) in [6.07, 6.45) is 1.69. The average Bonchev–Trinajstić information content (AvgIpc) is 3.12. The predicted molar refractivity (Wildman–Crippen MR) is 104 cm³/mol. The maximum absolute atomic E-state index is 13.2. The second kappa shape index (κ2) is 8.63. The number of fused-ring (bicyclic) bond motifs is 1. The summed E-state index contributed by atoms with van der Waals surface area (Å²) in [5.74, 6) is 0.891. The molecule has 0 aromatic heterocycles. The van der Waals surface area contributed by atoms with Crippen molar-refractivity contribution in [3.05, 3.63) is 23.2 Å². The summed E-state index contributed by atoms with van der Waals surface area (Å²) in [5.41, 5.74) is 6.14. The zero-order valence-electron chi connectivity index (χ0n) is 14.9. The minimum atomic E-state index is -3.69. The van der Waals surface area contributed by atoms with Gasteiger partial charge in [0.15, 0.2) is 0 Å². The van der Waals surface area contributed by atoms with Gasteiger partial charge in [-0.2, -0.15) is 4.31 Å². The standard InChI is InChI=1S/C17H25ClN2O4S.ClH/c1-11(10-23-2)24-16-6-4-13(18)7-17(16)25(21,22)20-8-12-3-5-15(19)14(12)9-20;/h4,6-7,11-12,14-15H,3,5,8-10,19H2,1-2H3;1H. The molecule has 0 bridgehead atoms. The van der Waals surface area contributed by atoms with E-state index in [0.29, 0.717) is 36.4 Å². The minimum Gasteiger partial charge on any atom is -0.487 e. The van der Waals surface area contributed by atoms with Crippen LogP contribution in [0.2, 0.25) is 5.02 Å². The van der Waals surface area contributed by atoms with Crippen LogP contribution in [0, 0.1) is 11.8 Å². The second-order valence-electron chi connectivity index (χ2n) is 6.96. The van der Waals surface area contributed by atoms with Gasteiger partial charge >= 0.3 is 0 Å². The van der Waals surface area contributed by atoms with Crippen LogP contribution in [0.15, 0.2) is 23.1 Å². The number of methoxy groups -OCH3 is 1. The fourth-order valence-electron chi connectivity index (χ4n) is 3.87. The molecule has 148 valence electrons. The first-order valence-corrected chi connectivity index (χ1v) is 10.4. The Kier molecular flexibility index (Phi) is 7.21. The molecule has 3 rings (SSSR count). The molecule has 4 atom stereocenters. The lowest BCUT2D eigenvalue weighted by Gasteiger charge is -2.22. The second-order valence-corrected chi connectivity index (χ2v) is 9.30.